The Morgan fingerprint density at radius 1 is 0.789 bits per heavy atom. The van der Waals surface area contributed by atoms with Crippen molar-refractivity contribution < 1.29 is 14.2 Å². The Kier molecular flexibility index (Phi) is 11.3. The molecular formula is C32H35ClINO3. The van der Waals surface area contributed by atoms with Gasteiger partial charge >= 0.3 is 0 Å². The maximum atomic E-state index is 6.45. The second-order valence-electron chi connectivity index (χ2n) is 9.58. The van der Waals surface area contributed by atoms with Crippen LogP contribution >= 0.6 is 35.0 Å². The molecule has 1 aliphatic heterocycles. The summed E-state index contributed by atoms with van der Waals surface area (Å²) in [6.45, 7) is 4.50. The Balaban J connectivity index is 0.00000336. The fraction of sp³-hybridized carbons (Fsp3) is 0.312. The molecule has 0 spiro atoms. The Labute approximate surface area is 245 Å². The van der Waals surface area contributed by atoms with Crippen LogP contribution in [0.1, 0.15) is 35.4 Å². The molecule has 0 aromatic heterocycles. The highest BCUT2D eigenvalue weighted by Gasteiger charge is 2.27. The maximum Gasteiger partial charge on any atom is 0.119 e. The van der Waals surface area contributed by atoms with Crippen molar-refractivity contribution in [3.63, 3.8) is 0 Å². The summed E-state index contributed by atoms with van der Waals surface area (Å²) in [5.41, 5.74) is 3.74. The number of nitrogens with one attached hydrogen (secondary N) is 1. The molecule has 5 rings (SSSR count). The SMILES string of the molecule is Cl.Ic1ccc(COCCCOc2ccc(C3CCNCC3OCc3ccc4ccccc4c3)cc2)cc1. The summed E-state index contributed by atoms with van der Waals surface area (Å²) in [7, 11) is 0. The number of halogens is 2. The van der Waals surface area contributed by atoms with Crippen molar-refractivity contribution in [2.75, 3.05) is 26.3 Å². The van der Waals surface area contributed by atoms with Gasteiger partial charge in [-0.2, -0.15) is 0 Å². The summed E-state index contributed by atoms with van der Waals surface area (Å²) in [4.78, 5) is 0. The standard InChI is InChI=1S/C32H34INO3.ClH/c33-29-12-7-24(8-13-29)22-35-18-3-19-36-30-14-10-27(11-15-30)31-16-17-34-21-32(31)37-23-25-6-9-26-4-1-2-5-28(26)20-25;/h1-2,4-15,20,31-32,34H,3,16-19,21-23H2;1H. The largest absolute Gasteiger partial charge is 0.494 e. The molecule has 4 aromatic rings. The van der Waals surface area contributed by atoms with Crippen molar-refractivity contribution in [1.29, 1.82) is 0 Å². The summed E-state index contributed by atoms with van der Waals surface area (Å²) >= 11 is 2.31. The maximum absolute atomic E-state index is 6.45. The highest BCUT2D eigenvalue weighted by molar-refractivity contribution is 14.1. The van der Waals surface area contributed by atoms with Crippen LogP contribution in [0, 0.1) is 3.57 Å². The molecule has 2 unspecified atom stereocenters. The first kappa shape index (κ1) is 28.8. The fourth-order valence-corrected chi connectivity index (χ4v) is 5.21. The summed E-state index contributed by atoms with van der Waals surface area (Å²) in [5.74, 6) is 1.29. The van der Waals surface area contributed by atoms with Gasteiger partial charge in [-0.25, -0.2) is 0 Å². The smallest absolute Gasteiger partial charge is 0.119 e. The lowest BCUT2D eigenvalue weighted by molar-refractivity contribution is 0.0106. The molecule has 1 aliphatic rings. The van der Waals surface area contributed by atoms with E-state index in [-0.39, 0.29) is 18.5 Å². The van der Waals surface area contributed by atoms with E-state index in [9.17, 15) is 0 Å². The van der Waals surface area contributed by atoms with E-state index >= 15 is 0 Å². The van der Waals surface area contributed by atoms with E-state index < -0.39 is 0 Å². The second kappa shape index (κ2) is 14.8. The molecule has 0 bridgehead atoms. The Morgan fingerprint density at radius 2 is 1.55 bits per heavy atom. The van der Waals surface area contributed by atoms with Gasteiger partial charge in [-0.3, -0.25) is 0 Å². The van der Waals surface area contributed by atoms with Gasteiger partial charge in [0, 0.05) is 22.5 Å². The average Bonchev–Trinajstić information content (AvgIpc) is 2.95. The van der Waals surface area contributed by atoms with Gasteiger partial charge in [0.2, 0.25) is 0 Å². The van der Waals surface area contributed by atoms with Crippen LogP contribution in [-0.4, -0.2) is 32.4 Å². The van der Waals surface area contributed by atoms with Crippen LogP contribution in [0.4, 0.5) is 0 Å². The molecule has 4 aromatic carbocycles. The van der Waals surface area contributed by atoms with Crippen LogP contribution in [-0.2, 0) is 22.7 Å². The van der Waals surface area contributed by atoms with Gasteiger partial charge in [0.25, 0.3) is 0 Å². The molecule has 1 fully saturated rings. The summed E-state index contributed by atoms with van der Waals surface area (Å²) in [5, 5.41) is 6.03. The molecule has 0 aliphatic carbocycles. The third-order valence-electron chi connectivity index (χ3n) is 6.90. The predicted octanol–water partition coefficient (Wildman–Crippen LogP) is 7.51. The highest BCUT2D eigenvalue weighted by Crippen LogP contribution is 2.30. The van der Waals surface area contributed by atoms with Crippen LogP contribution < -0.4 is 10.1 Å². The van der Waals surface area contributed by atoms with E-state index in [1.807, 2.05) is 0 Å². The van der Waals surface area contributed by atoms with Gasteiger partial charge in [0.15, 0.2) is 0 Å². The molecule has 200 valence electrons. The Hall–Kier alpha value is -2.16. The number of benzene rings is 4. The first-order chi connectivity index (χ1) is 18.2. The zero-order valence-electron chi connectivity index (χ0n) is 21.5. The van der Waals surface area contributed by atoms with E-state index in [2.05, 4.69) is 119 Å². The van der Waals surface area contributed by atoms with Gasteiger partial charge in [0.05, 0.1) is 32.5 Å². The van der Waals surface area contributed by atoms with E-state index in [1.54, 1.807) is 0 Å². The third kappa shape index (κ3) is 8.17. The van der Waals surface area contributed by atoms with E-state index in [0.717, 1.165) is 31.7 Å². The molecule has 1 saturated heterocycles. The number of hydrogen-bond donors (Lipinski definition) is 1. The van der Waals surface area contributed by atoms with Gasteiger partial charge < -0.3 is 19.5 Å². The molecule has 2 atom stereocenters. The van der Waals surface area contributed by atoms with Crippen molar-refractivity contribution in [2.45, 2.75) is 38.1 Å². The second-order valence-corrected chi connectivity index (χ2v) is 10.8. The Bertz CT molecular complexity index is 1270. The zero-order chi connectivity index (χ0) is 25.3. The fourth-order valence-electron chi connectivity index (χ4n) is 4.85. The Morgan fingerprint density at radius 3 is 2.37 bits per heavy atom. The lowest BCUT2D eigenvalue weighted by Crippen LogP contribution is -2.40. The minimum absolute atomic E-state index is 0. The molecule has 1 heterocycles. The van der Waals surface area contributed by atoms with Crippen LogP contribution in [0.2, 0.25) is 0 Å². The van der Waals surface area contributed by atoms with Crippen molar-refractivity contribution in [1.82, 2.24) is 5.32 Å². The number of hydrogen-bond acceptors (Lipinski definition) is 4. The van der Waals surface area contributed by atoms with Gasteiger partial charge in [0.1, 0.15) is 5.75 Å². The topological polar surface area (TPSA) is 39.7 Å². The van der Waals surface area contributed by atoms with E-state index in [0.29, 0.717) is 32.3 Å². The molecule has 6 heteroatoms. The summed E-state index contributed by atoms with van der Waals surface area (Å²) in [6, 6.07) is 32.1. The van der Waals surface area contributed by atoms with Crippen molar-refractivity contribution in [2.24, 2.45) is 0 Å². The van der Waals surface area contributed by atoms with Crippen LogP contribution in [0.5, 0.6) is 5.75 Å². The number of rotatable bonds is 11. The molecule has 0 saturated carbocycles. The summed E-state index contributed by atoms with van der Waals surface area (Å²) in [6.07, 6.45) is 2.09. The van der Waals surface area contributed by atoms with Crippen LogP contribution in [0.3, 0.4) is 0 Å². The molecule has 0 amide bonds. The van der Waals surface area contributed by atoms with E-state index in [4.69, 9.17) is 14.2 Å². The number of ether oxygens (including phenoxy) is 3. The number of fused-ring (bicyclic) bond motifs is 1. The quantitative estimate of drug-likeness (QED) is 0.136. The van der Waals surface area contributed by atoms with Gasteiger partial charge in [-0.05, 0) is 93.4 Å². The van der Waals surface area contributed by atoms with Crippen LogP contribution in [0.15, 0.2) is 91.0 Å². The summed E-state index contributed by atoms with van der Waals surface area (Å²) < 4.78 is 19.4. The van der Waals surface area contributed by atoms with Gasteiger partial charge in [-0.1, -0.05) is 60.7 Å². The van der Waals surface area contributed by atoms with Gasteiger partial charge in [-0.15, -0.1) is 12.4 Å². The van der Waals surface area contributed by atoms with Crippen molar-refractivity contribution in [3.8, 4) is 5.75 Å². The monoisotopic (exact) mass is 643 g/mol. The minimum atomic E-state index is 0. The van der Waals surface area contributed by atoms with Crippen molar-refractivity contribution >= 4 is 45.8 Å². The first-order valence-electron chi connectivity index (χ1n) is 13.1. The molecule has 1 N–H and O–H groups in total. The highest BCUT2D eigenvalue weighted by atomic mass is 127. The first-order valence-corrected chi connectivity index (χ1v) is 14.2. The predicted molar refractivity (Wildman–Crippen MR) is 165 cm³/mol. The molecular weight excluding hydrogens is 609 g/mol. The number of piperidine rings is 1. The third-order valence-corrected chi connectivity index (χ3v) is 7.62. The zero-order valence-corrected chi connectivity index (χ0v) is 24.5. The lowest BCUT2D eigenvalue weighted by atomic mass is 9.87. The lowest BCUT2D eigenvalue weighted by Gasteiger charge is -2.32. The van der Waals surface area contributed by atoms with Crippen LogP contribution in [0.25, 0.3) is 10.8 Å². The molecule has 0 radical (unpaired) electrons. The van der Waals surface area contributed by atoms with E-state index in [1.165, 1.54) is 31.0 Å². The normalized spacial score (nSPS) is 17.2. The average molecular weight is 644 g/mol. The minimum Gasteiger partial charge on any atom is -0.494 e. The molecule has 4 nitrogen and oxygen atoms in total. The van der Waals surface area contributed by atoms with Crippen molar-refractivity contribution in [3.05, 3.63) is 111 Å². The molecule has 38 heavy (non-hydrogen) atoms.